The van der Waals surface area contributed by atoms with Gasteiger partial charge in [0.25, 0.3) is 0 Å². The van der Waals surface area contributed by atoms with Crippen LogP contribution in [0.2, 0.25) is 0 Å². The molecule has 7 nitrogen and oxygen atoms in total. The number of aromatic nitrogens is 2. The van der Waals surface area contributed by atoms with E-state index in [9.17, 15) is 19.1 Å². The maximum Gasteiger partial charge on any atom is 0.240 e. The van der Waals surface area contributed by atoms with Crippen LogP contribution in [0.15, 0.2) is 53.8 Å². The molecule has 0 bridgehead atoms. The zero-order valence-corrected chi connectivity index (χ0v) is 18.7. The Hall–Kier alpha value is -3.17. The second-order valence-electron chi connectivity index (χ2n) is 7.33. The zero-order valence-electron chi connectivity index (χ0n) is 17.9. The van der Waals surface area contributed by atoms with E-state index in [1.54, 1.807) is 16.7 Å². The van der Waals surface area contributed by atoms with Crippen LogP contribution in [-0.4, -0.2) is 32.2 Å². The first-order valence-electron chi connectivity index (χ1n) is 10.0. The van der Waals surface area contributed by atoms with Gasteiger partial charge in [0.15, 0.2) is 5.16 Å². The average molecular weight is 457 g/mol. The molecule has 0 atom stereocenters. The third-order valence-electron chi connectivity index (χ3n) is 4.76. The van der Waals surface area contributed by atoms with Crippen LogP contribution < -0.4 is 10.6 Å². The van der Waals surface area contributed by atoms with Crippen LogP contribution in [0.3, 0.4) is 0 Å². The second-order valence-corrected chi connectivity index (χ2v) is 8.28. The summed E-state index contributed by atoms with van der Waals surface area (Å²) in [6, 6.07) is 11.7. The summed E-state index contributed by atoms with van der Waals surface area (Å²) in [6.45, 7) is 3.83. The Balaban J connectivity index is 1.58. The summed E-state index contributed by atoms with van der Waals surface area (Å²) in [7, 11) is 0. The number of amides is 2. The Labute approximate surface area is 190 Å². The molecule has 0 aliphatic rings. The predicted molar refractivity (Wildman–Crippen MR) is 122 cm³/mol. The molecule has 0 aliphatic carbocycles. The number of aryl methyl sites for hydroxylation is 2. The number of nitrogens with one attached hydrogen (secondary N) is 2. The van der Waals surface area contributed by atoms with Gasteiger partial charge < -0.3 is 20.3 Å². The number of hydrogen-bond donors (Lipinski definition) is 3. The SMILES string of the molecule is Cc1ccc(NC(=O)CSc2ncc(CO)n2CC(=O)NCc2ccc(F)cc2)c(C)c1. The van der Waals surface area contributed by atoms with Gasteiger partial charge in [-0.2, -0.15) is 0 Å². The van der Waals surface area contributed by atoms with Gasteiger partial charge in [0.05, 0.1) is 24.3 Å². The van der Waals surface area contributed by atoms with Crippen LogP contribution >= 0.6 is 11.8 Å². The molecule has 3 aromatic rings. The van der Waals surface area contributed by atoms with Gasteiger partial charge in [0.1, 0.15) is 12.4 Å². The number of rotatable bonds is 9. The lowest BCUT2D eigenvalue weighted by Crippen LogP contribution is -2.28. The fourth-order valence-corrected chi connectivity index (χ4v) is 3.87. The van der Waals surface area contributed by atoms with E-state index in [1.165, 1.54) is 30.1 Å². The third-order valence-corrected chi connectivity index (χ3v) is 5.75. The van der Waals surface area contributed by atoms with Crippen molar-refractivity contribution in [3.05, 3.63) is 76.9 Å². The number of hydrogen-bond acceptors (Lipinski definition) is 5. The van der Waals surface area contributed by atoms with Crippen molar-refractivity contribution in [2.45, 2.75) is 38.7 Å². The van der Waals surface area contributed by atoms with Gasteiger partial charge in [-0.25, -0.2) is 9.37 Å². The van der Waals surface area contributed by atoms with Gasteiger partial charge in [0.2, 0.25) is 11.8 Å². The molecular formula is C23H25FN4O3S. The van der Waals surface area contributed by atoms with E-state index in [0.717, 1.165) is 22.4 Å². The van der Waals surface area contributed by atoms with E-state index in [2.05, 4.69) is 15.6 Å². The van der Waals surface area contributed by atoms with Crippen molar-refractivity contribution >= 4 is 29.3 Å². The summed E-state index contributed by atoms with van der Waals surface area (Å²) in [4.78, 5) is 29.0. The summed E-state index contributed by atoms with van der Waals surface area (Å²) < 4.78 is 14.6. The Morgan fingerprint density at radius 3 is 2.56 bits per heavy atom. The van der Waals surface area contributed by atoms with Crippen molar-refractivity contribution in [1.29, 1.82) is 0 Å². The van der Waals surface area contributed by atoms with Crippen LogP contribution in [0.25, 0.3) is 0 Å². The highest BCUT2D eigenvalue weighted by Crippen LogP contribution is 2.21. The molecule has 2 aromatic carbocycles. The molecule has 3 N–H and O–H groups in total. The Morgan fingerprint density at radius 1 is 1.12 bits per heavy atom. The van der Waals surface area contributed by atoms with Crippen molar-refractivity contribution in [2.24, 2.45) is 0 Å². The lowest BCUT2D eigenvalue weighted by atomic mass is 10.1. The topological polar surface area (TPSA) is 96.2 Å². The standard InChI is InChI=1S/C23H25FN4O3S/c1-15-3-8-20(16(2)9-15)27-22(31)14-32-23-26-11-19(13-29)28(23)12-21(30)25-10-17-4-6-18(24)7-5-17/h3-9,11,29H,10,12-14H2,1-2H3,(H,25,30)(H,27,31). The van der Waals surface area contributed by atoms with Gasteiger partial charge in [-0.05, 0) is 43.2 Å². The molecule has 32 heavy (non-hydrogen) atoms. The minimum absolute atomic E-state index is 0.0574. The van der Waals surface area contributed by atoms with Crippen LogP contribution in [0.4, 0.5) is 10.1 Å². The smallest absolute Gasteiger partial charge is 0.240 e. The van der Waals surface area contributed by atoms with Crippen LogP contribution in [0.5, 0.6) is 0 Å². The summed E-state index contributed by atoms with van der Waals surface area (Å²) in [5.41, 5.74) is 4.08. The molecule has 0 radical (unpaired) electrons. The first-order chi connectivity index (χ1) is 15.4. The van der Waals surface area contributed by atoms with E-state index < -0.39 is 0 Å². The monoisotopic (exact) mass is 456 g/mol. The average Bonchev–Trinajstić information content (AvgIpc) is 3.15. The number of imidazole rings is 1. The Bertz CT molecular complexity index is 1100. The number of thioether (sulfide) groups is 1. The van der Waals surface area contributed by atoms with Crippen LogP contribution in [0.1, 0.15) is 22.4 Å². The summed E-state index contributed by atoms with van der Waals surface area (Å²) in [6.07, 6.45) is 1.48. The number of aliphatic hydroxyl groups is 1. The lowest BCUT2D eigenvalue weighted by molar-refractivity contribution is -0.122. The van der Waals surface area contributed by atoms with E-state index in [0.29, 0.717) is 10.9 Å². The first kappa shape index (κ1) is 23.5. The highest BCUT2D eigenvalue weighted by Gasteiger charge is 2.15. The van der Waals surface area contributed by atoms with Gasteiger partial charge in [-0.3, -0.25) is 9.59 Å². The maximum absolute atomic E-state index is 13.0. The predicted octanol–water partition coefficient (Wildman–Crippen LogP) is 3.18. The fourth-order valence-electron chi connectivity index (χ4n) is 3.08. The molecule has 0 spiro atoms. The number of halogens is 1. The van der Waals surface area contributed by atoms with Crippen molar-refractivity contribution in [3.8, 4) is 0 Å². The largest absolute Gasteiger partial charge is 0.390 e. The van der Waals surface area contributed by atoms with Gasteiger partial charge in [-0.15, -0.1) is 0 Å². The molecule has 0 fully saturated rings. The number of carbonyl (C=O) groups excluding carboxylic acids is 2. The molecule has 3 rings (SSSR count). The molecule has 0 saturated carbocycles. The van der Waals surface area contributed by atoms with Crippen molar-refractivity contribution in [3.63, 3.8) is 0 Å². The Kier molecular flexibility index (Phi) is 8.02. The summed E-state index contributed by atoms with van der Waals surface area (Å²) in [5.74, 6) is -0.715. The van der Waals surface area contributed by atoms with Crippen molar-refractivity contribution < 1.29 is 19.1 Å². The van der Waals surface area contributed by atoms with Crippen LogP contribution in [-0.2, 0) is 29.3 Å². The molecule has 2 amide bonds. The van der Waals surface area contributed by atoms with E-state index in [1.807, 2.05) is 32.0 Å². The quantitative estimate of drug-likeness (QED) is 0.430. The Morgan fingerprint density at radius 2 is 1.88 bits per heavy atom. The molecule has 1 aromatic heterocycles. The minimum Gasteiger partial charge on any atom is -0.390 e. The van der Waals surface area contributed by atoms with Gasteiger partial charge in [-0.1, -0.05) is 41.6 Å². The van der Waals surface area contributed by atoms with Gasteiger partial charge in [0, 0.05) is 12.2 Å². The maximum atomic E-state index is 13.0. The summed E-state index contributed by atoms with van der Waals surface area (Å²) >= 11 is 1.18. The highest BCUT2D eigenvalue weighted by molar-refractivity contribution is 7.99. The lowest BCUT2D eigenvalue weighted by Gasteiger charge is -2.12. The highest BCUT2D eigenvalue weighted by atomic mass is 32.2. The number of anilines is 1. The summed E-state index contributed by atoms with van der Waals surface area (Å²) in [5, 5.41) is 15.7. The second kappa shape index (κ2) is 10.9. The van der Waals surface area contributed by atoms with Gasteiger partial charge >= 0.3 is 0 Å². The number of aliphatic hydroxyl groups excluding tert-OH is 1. The zero-order chi connectivity index (χ0) is 23.1. The molecule has 168 valence electrons. The van der Waals surface area contributed by atoms with Crippen LogP contribution in [0, 0.1) is 19.7 Å². The molecule has 9 heteroatoms. The number of carbonyl (C=O) groups is 2. The van der Waals surface area contributed by atoms with E-state index in [-0.39, 0.29) is 43.1 Å². The normalized spacial score (nSPS) is 10.8. The molecule has 1 heterocycles. The molecule has 0 aliphatic heterocycles. The third kappa shape index (κ3) is 6.41. The molecular weight excluding hydrogens is 431 g/mol. The first-order valence-corrected chi connectivity index (χ1v) is 11.0. The number of benzene rings is 2. The van der Waals surface area contributed by atoms with Crippen molar-refractivity contribution in [2.75, 3.05) is 11.1 Å². The number of nitrogens with zero attached hydrogens (tertiary/aromatic N) is 2. The van der Waals surface area contributed by atoms with E-state index in [4.69, 9.17) is 0 Å². The molecule has 0 saturated heterocycles. The fraction of sp³-hybridized carbons (Fsp3) is 0.261. The van der Waals surface area contributed by atoms with E-state index >= 15 is 0 Å². The minimum atomic E-state index is -0.339. The molecule has 0 unspecified atom stereocenters. The van der Waals surface area contributed by atoms with Crippen molar-refractivity contribution in [1.82, 2.24) is 14.9 Å².